The Bertz CT molecular complexity index is 1980. The van der Waals surface area contributed by atoms with Crippen molar-refractivity contribution in [3.8, 4) is 5.75 Å². The van der Waals surface area contributed by atoms with Crippen LogP contribution in [0.1, 0.15) is 28.5 Å². The van der Waals surface area contributed by atoms with Crippen molar-refractivity contribution in [1.29, 1.82) is 0 Å². The summed E-state index contributed by atoms with van der Waals surface area (Å²) in [5.74, 6) is 0.742. The molecular weight excluding hydrogens is 724 g/mol. The maximum atomic E-state index is 13.5. The van der Waals surface area contributed by atoms with Gasteiger partial charge >= 0.3 is 308 Å². The molecule has 1 aromatic heterocycles. The van der Waals surface area contributed by atoms with Crippen LogP contribution < -0.4 is 20.4 Å². The van der Waals surface area contributed by atoms with Gasteiger partial charge in [-0.3, -0.25) is 0 Å². The summed E-state index contributed by atoms with van der Waals surface area (Å²) in [6.07, 6.45) is 1.83. The van der Waals surface area contributed by atoms with E-state index in [1.165, 1.54) is 4.57 Å². The summed E-state index contributed by atoms with van der Waals surface area (Å²) in [6.45, 7) is 10.2. The Morgan fingerprint density at radius 1 is 0.882 bits per heavy atom. The number of ether oxygens (including phenoxy) is 3. The topological polar surface area (TPSA) is 91.8 Å². The number of aryl methyl sites for hydroxylation is 1. The fourth-order valence-electron chi connectivity index (χ4n) is 6.66. The molecule has 0 amide bonds. The van der Waals surface area contributed by atoms with Gasteiger partial charge in [0.2, 0.25) is 0 Å². The Balaban J connectivity index is 1.49. The molecule has 1 N–H and O–H groups in total. The Hall–Kier alpha value is -4.28. The molecule has 2 heterocycles. The van der Waals surface area contributed by atoms with Gasteiger partial charge in [-0.05, 0) is 0 Å². The predicted molar refractivity (Wildman–Crippen MR) is 205 cm³/mol. The molecule has 4 atom stereocenters. The zero-order valence-electron chi connectivity index (χ0n) is 29.4. The van der Waals surface area contributed by atoms with Crippen LogP contribution in [-0.2, 0) is 19.5 Å². The first-order chi connectivity index (χ1) is 24.6. The number of nitrogens with one attached hydrogen (secondary N) is 1. The molecule has 0 bridgehead atoms. The van der Waals surface area contributed by atoms with E-state index in [4.69, 9.17) is 18.6 Å². The summed E-state index contributed by atoms with van der Waals surface area (Å²) in [6, 6.07) is 39.3. The molecule has 0 radical (unpaired) electrons. The third kappa shape index (κ3) is 7.97. The first-order valence-electron chi connectivity index (χ1n) is 17.0. The maximum absolute atomic E-state index is 13.5. The van der Waals surface area contributed by atoms with Crippen molar-refractivity contribution in [2.45, 2.75) is 54.9 Å². The second kappa shape index (κ2) is 15.9. The van der Waals surface area contributed by atoms with Gasteiger partial charge in [-0.25, -0.2) is 0 Å². The molecular formula is C41H44N2O6SeSi. The van der Waals surface area contributed by atoms with Gasteiger partial charge in [0, 0.05) is 0 Å². The van der Waals surface area contributed by atoms with E-state index in [1.54, 1.807) is 20.2 Å². The van der Waals surface area contributed by atoms with E-state index in [0.29, 0.717) is 5.56 Å². The number of benzene rings is 4. The van der Waals surface area contributed by atoms with Crippen LogP contribution in [0.2, 0.25) is 24.0 Å². The van der Waals surface area contributed by atoms with Crippen molar-refractivity contribution in [3.05, 3.63) is 177 Å². The summed E-state index contributed by atoms with van der Waals surface area (Å²) in [7, 11) is -0.659. The molecule has 0 unspecified atom stereocenters. The number of methoxy groups -OCH3 is 1. The summed E-state index contributed by atoms with van der Waals surface area (Å²) < 4.78 is 29.7. The number of aromatic amines is 1. The molecule has 6 rings (SSSR count). The third-order valence-corrected chi connectivity index (χ3v) is 14.1. The van der Waals surface area contributed by atoms with Crippen molar-refractivity contribution in [2.75, 3.05) is 13.7 Å². The average Bonchev–Trinajstić information content (AvgIpc) is 3.46. The average molecular weight is 768 g/mol. The van der Waals surface area contributed by atoms with Gasteiger partial charge < -0.3 is 0 Å². The zero-order valence-corrected chi connectivity index (χ0v) is 32.1. The molecule has 0 aliphatic carbocycles. The summed E-state index contributed by atoms with van der Waals surface area (Å²) in [4.78, 5) is 28.2. The van der Waals surface area contributed by atoms with Gasteiger partial charge in [0.05, 0.1) is 0 Å². The van der Waals surface area contributed by atoms with E-state index >= 15 is 0 Å². The number of nitrogens with zero attached hydrogens (tertiary/aromatic N) is 1. The zero-order chi connectivity index (χ0) is 36.0. The molecule has 51 heavy (non-hydrogen) atoms. The van der Waals surface area contributed by atoms with E-state index in [-0.39, 0.29) is 26.4 Å². The minimum absolute atomic E-state index is 0.147. The molecule has 5 aromatic rings. The summed E-state index contributed by atoms with van der Waals surface area (Å²) >= 11 is -0.181. The van der Waals surface area contributed by atoms with Crippen LogP contribution in [0.25, 0.3) is 0 Å². The molecule has 1 saturated heterocycles. The van der Waals surface area contributed by atoms with Gasteiger partial charge in [0.25, 0.3) is 0 Å². The molecule has 8 nitrogen and oxygen atoms in total. The van der Waals surface area contributed by atoms with Crippen LogP contribution >= 0.6 is 0 Å². The van der Waals surface area contributed by atoms with Crippen LogP contribution in [0.15, 0.2) is 144 Å². The van der Waals surface area contributed by atoms with Crippen LogP contribution in [-0.4, -0.2) is 58.7 Å². The molecule has 10 heteroatoms. The van der Waals surface area contributed by atoms with Crippen molar-refractivity contribution in [2.24, 2.45) is 0 Å². The standard InChI is InChI=1S/C41H44N2O6SeSi/c1-6-26-51(4,5)49-36-35(48-39(37(36)50-34-20-14-9-15-21-34)43-27-29(2)38(44)42-40(43)45)28-47-41(30-16-10-7-11-17-30,31-18-12-8-13-19-31)32-22-24-33(46-3)25-23-32/h6-25,27,35-37,39H,1,26,28H2,2-5H3,(H,42,44,45)/t35-,36-,37-,39-/m1/s1. The van der Waals surface area contributed by atoms with Crippen molar-refractivity contribution in [1.82, 2.24) is 9.55 Å². The molecule has 1 aliphatic heterocycles. The van der Waals surface area contributed by atoms with Crippen LogP contribution in [0, 0.1) is 6.92 Å². The Labute approximate surface area is 306 Å². The first-order valence-corrected chi connectivity index (χ1v) is 22.0. The van der Waals surface area contributed by atoms with Gasteiger partial charge in [0.15, 0.2) is 0 Å². The van der Waals surface area contributed by atoms with E-state index in [0.717, 1.165) is 32.9 Å². The van der Waals surface area contributed by atoms with Crippen LogP contribution in [0.5, 0.6) is 5.75 Å². The van der Waals surface area contributed by atoms with Crippen molar-refractivity contribution >= 4 is 27.7 Å². The van der Waals surface area contributed by atoms with E-state index in [9.17, 15) is 9.59 Å². The molecule has 0 saturated carbocycles. The van der Waals surface area contributed by atoms with E-state index in [2.05, 4.69) is 61.1 Å². The predicted octanol–water partition coefficient (Wildman–Crippen LogP) is 6.35. The van der Waals surface area contributed by atoms with Gasteiger partial charge in [0.1, 0.15) is 0 Å². The van der Waals surface area contributed by atoms with Crippen LogP contribution in [0.4, 0.5) is 0 Å². The second-order valence-electron chi connectivity index (χ2n) is 13.2. The normalized spacial score (nSPS) is 19.1. The second-order valence-corrected chi connectivity index (χ2v) is 20.0. The Morgan fingerprint density at radius 2 is 1.45 bits per heavy atom. The monoisotopic (exact) mass is 768 g/mol. The van der Waals surface area contributed by atoms with Gasteiger partial charge in [-0.1, -0.05) is 0 Å². The number of rotatable bonds is 14. The minimum atomic E-state index is -2.31. The van der Waals surface area contributed by atoms with Crippen molar-refractivity contribution in [3.63, 3.8) is 0 Å². The molecule has 1 fully saturated rings. The molecule has 4 aromatic carbocycles. The fraction of sp³-hybridized carbons (Fsp3) is 0.268. The Morgan fingerprint density at radius 3 is 2.02 bits per heavy atom. The third-order valence-electron chi connectivity index (χ3n) is 9.13. The number of allylic oxidation sites excluding steroid dienone is 1. The quantitative estimate of drug-likeness (QED) is 0.0805. The Kier molecular flexibility index (Phi) is 11.4. The molecule has 0 spiro atoms. The van der Waals surface area contributed by atoms with E-state index in [1.807, 2.05) is 84.9 Å². The first kappa shape index (κ1) is 36.5. The molecule has 1 aliphatic rings. The fourth-order valence-corrected chi connectivity index (χ4v) is 11.4. The SMILES string of the molecule is C=CC[Si](C)(C)O[C@H]1[C@@H]([Se]c2ccccc2)[C@H](n2cc(C)c(=O)[nH]c2=O)O[C@@H]1COC(c1ccccc1)(c1ccccc1)c1ccc(OC)cc1. The number of H-pyrrole nitrogens is 1. The van der Waals surface area contributed by atoms with Gasteiger partial charge in [-0.15, -0.1) is 0 Å². The van der Waals surface area contributed by atoms with E-state index < -0.39 is 43.6 Å². The number of aromatic nitrogens is 2. The summed E-state index contributed by atoms with van der Waals surface area (Å²) in [5.41, 5.74) is 1.29. The summed E-state index contributed by atoms with van der Waals surface area (Å²) in [5, 5.41) is 0. The number of hydrogen-bond acceptors (Lipinski definition) is 6. The van der Waals surface area contributed by atoms with Crippen LogP contribution in [0.3, 0.4) is 0 Å². The van der Waals surface area contributed by atoms with Crippen molar-refractivity contribution < 1.29 is 18.6 Å². The molecule has 264 valence electrons. The van der Waals surface area contributed by atoms with Gasteiger partial charge in [-0.2, -0.15) is 0 Å². The number of hydrogen-bond donors (Lipinski definition) is 1.